The Hall–Kier alpha value is -1.10. The van der Waals surface area contributed by atoms with Crippen molar-refractivity contribution in [2.75, 3.05) is 25.4 Å². The largest absolute Gasteiger partial charge is 0.399 e. The second-order valence-corrected chi connectivity index (χ2v) is 4.52. The summed E-state index contributed by atoms with van der Waals surface area (Å²) < 4.78 is 0. The Morgan fingerprint density at radius 1 is 1.41 bits per heavy atom. The fourth-order valence-electron chi connectivity index (χ4n) is 2.41. The number of anilines is 1. The third kappa shape index (κ3) is 3.19. The molecule has 2 rings (SSSR count). The minimum absolute atomic E-state index is 0.165. The van der Waals surface area contributed by atoms with Gasteiger partial charge in [0.15, 0.2) is 0 Å². The number of aliphatic hydroxyl groups is 1. The molecule has 0 bridgehead atoms. The zero-order valence-corrected chi connectivity index (χ0v) is 10.0. The van der Waals surface area contributed by atoms with Crippen LogP contribution in [0.25, 0.3) is 0 Å². The molecule has 0 radical (unpaired) electrons. The summed E-state index contributed by atoms with van der Waals surface area (Å²) in [5.74, 6) is 0. The van der Waals surface area contributed by atoms with Crippen LogP contribution in [-0.2, 0) is 0 Å². The topological polar surface area (TPSA) is 70.3 Å². The third-order valence-corrected chi connectivity index (χ3v) is 3.27. The Morgan fingerprint density at radius 3 is 2.76 bits per heavy atom. The van der Waals surface area contributed by atoms with Crippen molar-refractivity contribution in [2.45, 2.75) is 24.9 Å². The lowest BCUT2D eigenvalue weighted by atomic mass is 9.98. The zero-order valence-electron chi connectivity index (χ0n) is 10.0. The van der Waals surface area contributed by atoms with E-state index in [1.165, 1.54) is 18.4 Å². The Bertz CT molecular complexity index is 333. The van der Waals surface area contributed by atoms with Crippen molar-refractivity contribution in [2.24, 2.45) is 0 Å². The van der Waals surface area contributed by atoms with E-state index in [-0.39, 0.29) is 12.6 Å². The lowest BCUT2D eigenvalue weighted by Gasteiger charge is -2.25. The molecule has 1 saturated heterocycles. The standard InChI is InChI=1S/C13H21N3O/c14-11-5-3-10(4-6-11)13(16-8-9-17)12-2-1-7-15-12/h3-6,12-13,15-17H,1-2,7-9,14H2. The highest BCUT2D eigenvalue weighted by molar-refractivity contribution is 5.40. The molecule has 17 heavy (non-hydrogen) atoms. The van der Waals surface area contributed by atoms with Gasteiger partial charge in [0.1, 0.15) is 0 Å². The summed E-state index contributed by atoms with van der Waals surface area (Å²) in [4.78, 5) is 0. The third-order valence-electron chi connectivity index (χ3n) is 3.27. The molecule has 4 nitrogen and oxygen atoms in total. The minimum atomic E-state index is 0.165. The van der Waals surface area contributed by atoms with E-state index in [4.69, 9.17) is 10.8 Å². The molecule has 1 aromatic carbocycles. The normalized spacial score (nSPS) is 21.6. The maximum absolute atomic E-state index is 8.95. The number of nitrogen functional groups attached to an aromatic ring is 1. The van der Waals surface area contributed by atoms with E-state index in [0.717, 1.165) is 12.2 Å². The summed E-state index contributed by atoms with van der Waals surface area (Å²) in [5.41, 5.74) is 7.72. The summed E-state index contributed by atoms with van der Waals surface area (Å²) in [5, 5.41) is 15.8. The molecule has 2 unspecified atom stereocenters. The highest BCUT2D eigenvalue weighted by Gasteiger charge is 2.25. The number of aliphatic hydroxyl groups excluding tert-OH is 1. The average molecular weight is 235 g/mol. The van der Waals surface area contributed by atoms with Gasteiger partial charge in [-0.3, -0.25) is 0 Å². The van der Waals surface area contributed by atoms with Gasteiger partial charge in [-0.15, -0.1) is 0 Å². The van der Waals surface area contributed by atoms with Gasteiger partial charge in [-0.05, 0) is 37.1 Å². The van der Waals surface area contributed by atoms with E-state index in [0.29, 0.717) is 12.6 Å². The number of nitrogens with one attached hydrogen (secondary N) is 2. The van der Waals surface area contributed by atoms with Crippen molar-refractivity contribution < 1.29 is 5.11 Å². The van der Waals surface area contributed by atoms with Gasteiger partial charge in [-0.2, -0.15) is 0 Å². The molecule has 5 N–H and O–H groups in total. The van der Waals surface area contributed by atoms with Crippen molar-refractivity contribution in [1.29, 1.82) is 0 Å². The van der Waals surface area contributed by atoms with Gasteiger partial charge in [-0.25, -0.2) is 0 Å². The molecule has 0 spiro atoms. The SMILES string of the molecule is Nc1ccc(C(NCCO)C2CCCN2)cc1. The van der Waals surface area contributed by atoms with Crippen molar-refractivity contribution in [3.63, 3.8) is 0 Å². The molecule has 1 heterocycles. The number of nitrogens with two attached hydrogens (primary N) is 1. The summed E-state index contributed by atoms with van der Waals surface area (Å²) in [6.45, 7) is 1.86. The van der Waals surface area contributed by atoms with Crippen LogP contribution in [0.1, 0.15) is 24.4 Å². The first-order valence-electron chi connectivity index (χ1n) is 6.24. The Balaban J connectivity index is 2.10. The molecule has 94 valence electrons. The van der Waals surface area contributed by atoms with Crippen molar-refractivity contribution in [3.8, 4) is 0 Å². The van der Waals surface area contributed by atoms with Gasteiger partial charge >= 0.3 is 0 Å². The second-order valence-electron chi connectivity index (χ2n) is 4.52. The molecule has 1 aliphatic rings. The van der Waals surface area contributed by atoms with Crippen LogP contribution in [0.2, 0.25) is 0 Å². The first-order chi connectivity index (χ1) is 8.31. The minimum Gasteiger partial charge on any atom is -0.399 e. The van der Waals surface area contributed by atoms with E-state index in [1.807, 2.05) is 12.1 Å². The molecule has 0 saturated carbocycles. The van der Waals surface area contributed by atoms with Crippen LogP contribution in [-0.4, -0.2) is 30.8 Å². The van der Waals surface area contributed by atoms with Crippen molar-refractivity contribution in [1.82, 2.24) is 10.6 Å². The highest BCUT2D eigenvalue weighted by Crippen LogP contribution is 2.23. The quantitative estimate of drug-likeness (QED) is 0.565. The molecule has 0 aromatic heterocycles. The monoisotopic (exact) mass is 235 g/mol. The van der Waals surface area contributed by atoms with Crippen LogP contribution in [0.4, 0.5) is 5.69 Å². The summed E-state index contributed by atoms with van der Waals surface area (Å²) in [6, 6.07) is 8.68. The number of benzene rings is 1. The van der Waals surface area contributed by atoms with Gasteiger partial charge in [0.05, 0.1) is 6.61 Å². The smallest absolute Gasteiger partial charge is 0.0556 e. The molecule has 0 aliphatic carbocycles. The van der Waals surface area contributed by atoms with E-state index in [9.17, 15) is 0 Å². The maximum Gasteiger partial charge on any atom is 0.0556 e. The summed E-state index contributed by atoms with van der Waals surface area (Å²) in [6.07, 6.45) is 2.39. The molecule has 1 aliphatic heterocycles. The molecule has 4 heteroatoms. The van der Waals surface area contributed by atoms with Gasteiger partial charge in [0, 0.05) is 24.3 Å². The fourth-order valence-corrected chi connectivity index (χ4v) is 2.41. The van der Waals surface area contributed by atoms with E-state index in [1.54, 1.807) is 0 Å². The average Bonchev–Trinajstić information content (AvgIpc) is 2.85. The molecule has 0 amide bonds. The van der Waals surface area contributed by atoms with E-state index < -0.39 is 0 Å². The van der Waals surface area contributed by atoms with Gasteiger partial charge in [0.25, 0.3) is 0 Å². The first kappa shape index (κ1) is 12.4. The van der Waals surface area contributed by atoms with Crippen molar-refractivity contribution >= 4 is 5.69 Å². The van der Waals surface area contributed by atoms with Gasteiger partial charge in [0.2, 0.25) is 0 Å². The Kier molecular flexibility index (Phi) is 4.36. The predicted molar refractivity (Wildman–Crippen MR) is 69.7 cm³/mol. The Morgan fingerprint density at radius 2 is 2.18 bits per heavy atom. The Labute approximate surface area is 102 Å². The number of hydrogen-bond donors (Lipinski definition) is 4. The lowest BCUT2D eigenvalue weighted by Crippen LogP contribution is -2.39. The van der Waals surface area contributed by atoms with Gasteiger partial charge < -0.3 is 21.5 Å². The molecular formula is C13H21N3O. The molecule has 1 fully saturated rings. The van der Waals surface area contributed by atoms with Crippen LogP contribution in [0.5, 0.6) is 0 Å². The molecular weight excluding hydrogens is 214 g/mol. The second kappa shape index (κ2) is 6.00. The van der Waals surface area contributed by atoms with Crippen LogP contribution in [0, 0.1) is 0 Å². The maximum atomic E-state index is 8.95. The molecule has 2 atom stereocenters. The zero-order chi connectivity index (χ0) is 12.1. The van der Waals surface area contributed by atoms with Crippen molar-refractivity contribution in [3.05, 3.63) is 29.8 Å². The van der Waals surface area contributed by atoms with Crippen LogP contribution < -0.4 is 16.4 Å². The van der Waals surface area contributed by atoms with Crippen LogP contribution in [0.3, 0.4) is 0 Å². The number of hydrogen-bond acceptors (Lipinski definition) is 4. The van der Waals surface area contributed by atoms with Crippen LogP contribution >= 0.6 is 0 Å². The predicted octanol–water partition coefficient (Wildman–Crippen LogP) is 0.644. The van der Waals surface area contributed by atoms with Crippen LogP contribution in [0.15, 0.2) is 24.3 Å². The summed E-state index contributed by atoms with van der Waals surface area (Å²) in [7, 11) is 0. The van der Waals surface area contributed by atoms with Gasteiger partial charge in [-0.1, -0.05) is 12.1 Å². The molecule has 1 aromatic rings. The summed E-state index contributed by atoms with van der Waals surface area (Å²) >= 11 is 0. The fraction of sp³-hybridized carbons (Fsp3) is 0.538. The lowest BCUT2D eigenvalue weighted by molar-refractivity contribution is 0.276. The highest BCUT2D eigenvalue weighted by atomic mass is 16.3. The first-order valence-corrected chi connectivity index (χ1v) is 6.24. The van der Waals surface area contributed by atoms with E-state index >= 15 is 0 Å². The van der Waals surface area contributed by atoms with E-state index in [2.05, 4.69) is 22.8 Å². The number of rotatable bonds is 5.